The summed E-state index contributed by atoms with van der Waals surface area (Å²) in [7, 11) is 2.20. The number of carboxylic acid groups (broad SMARTS) is 1. The molecule has 3 unspecified atom stereocenters. The lowest BCUT2D eigenvalue weighted by Crippen LogP contribution is -2.55. The molecule has 1 heterocycles. The zero-order valence-electron chi connectivity index (χ0n) is 13.8. The Morgan fingerprint density at radius 3 is 2.76 bits per heavy atom. The lowest BCUT2D eigenvalue weighted by atomic mass is 9.96. The van der Waals surface area contributed by atoms with Gasteiger partial charge < -0.3 is 15.3 Å². The van der Waals surface area contributed by atoms with Gasteiger partial charge in [0.2, 0.25) is 0 Å². The Hall–Kier alpha value is -0.650. The molecular formula is C16H31N3O2. The van der Waals surface area contributed by atoms with E-state index < -0.39 is 11.5 Å². The molecule has 1 aliphatic carbocycles. The fraction of sp³-hybridized carbons (Fsp3) is 0.938. The van der Waals surface area contributed by atoms with E-state index in [1.54, 1.807) is 0 Å². The first-order valence-corrected chi connectivity index (χ1v) is 8.45. The van der Waals surface area contributed by atoms with E-state index in [0.717, 1.165) is 58.3 Å². The highest BCUT2D eigenvalue weighted by Gasteiger charge is 2.47. The van der Waals surface area contributed by atoms with Crippen molar-refractivity contribution in [2.45, 2.75) is 63.6 Å². The molecule has 0 bridgehead atoms. The van der Waals surface area contributed by atoms with Crippen molar-refractivity contribution < 1.29 is 9.90 Å². The SMILES string of the molecule is CCCNC1(C(=O)O)CCC(N2CCN(C)C(CC)C2)C1. The van der Waals surface area contributed by atoms with Crippen LogP contribution in [0.3, 0.4) is 0 Å². The summed E-state index contributed by atoms with van der Waals surface area (Å²) in [6.45, 7) is 8.37. The molecule has 0 aromatic heterocycles. The topological polar surface area (TPSA) is 55.8 Å². The first-order valence-electron chi connectivity index (χ1n) is 8.45. The van der Waals surface area contributed by atoms with E-state index in [4.69, 9.17) is 0 Å². The summed E-state index contributed by atoms with van der Waals surface area (Å²) in [4.78, 5) is 16.7. The van der Waals surface area contributed by atoms with Crippen LogP contribution in [0.5, 0.6) is 0 Å². The van der Waals surface area contributed by atoms with E-state index >= 15 is 0 Å². The van der Waals surface area contributed by atoms with Gasteiger partial charge in [0.25, 0.3) is 0 Å². The van der Waals surface area contributed by atoms with Crippen molar-refractivity contribution in [1.29, 1.82) is 0 Å². The Morgan fingerprint density at radius 1 is 1.38 bits per heavy atom. The van der Waals surface area contributed by atoms with E-state index in [9.17, 15) is 9.90 Å². The zero-order chi connectivity index (χ0) is 15.5. The van der Waals surface area contributed by atoms with Crippen LogP contribution in [0.15, 0.2) is 0 Å². The molecule has 1 saturated carbocycles. The van der Waals surface area contributed by atoms with Crippen LogP contribution < -0.4 is 5.32 Å². The standard InChI is InChI=1S/C16H31N3O2/c1-4-8-17-16(15(20)21)7-6-14(11-16)19-10-9-18(3)13(5-2)12-19/h13-14,17H,4-12H2,1-3H3,(H,20,21). The largest absolute Gasteiger partial charge is 0.480 e. The van der Waals surface area contributed by atoms with Crippen LogP contribution in [-0.2, 0) is 4.79 Å². The fourth-order valence-corrected chi connectivity index (χ4v) is 3.87. The number of carboxylic acids is 1. The number of likely N-dealkylation sites (N-methyl/N-ethyl adjacent to an activating group) is 1. The summed E-state index contributed by atoms with van der Waals surface area (Å²) in [5, 5.41) is 13.0. The molecule has 5 nitrogen and oxygen atoms in total. The summed E-state index contributed by atoms with van der Waals surface area (Å²) in [6, 6.07) is 1.04. The molecule has 1 saturated heterocycles. The van der Waals surface area contributed by atoms with E-state index in [1.165, 1.54) is 0 Å². The van der Waals surface area contributed by atoms with E-state index in [2.05, 4.69) is 36.0 Å². The number of hydrogen-bond donors (Lipinski definition) is 2. The minimum Gasteiger partial charge on any atom is -0.480 e. The maximum atomic E-state index is 11.7. The summed E-state index contributed by atoms with van der Waals surface area (Å²) < 4.78 is 0. The third-order valence-electron chi connectivity index (χ3n) is 5.41. The third-order valence-corrected chi connectivity index (χ3v) is 5.41. The highest BCUT2D eigenvalue weighted by atomic mass is 16.4. The van der Waals surface area contributed by atoms with Gasteiger partial charge in [-0.05, 0) is 45.7 Å². The lowest BCUT2D eigenvalue weighted by molar-refractivity contribution is -0.144. The van der Waals surface area contributed by atoms with Crippen molar-refractivity contribution in [3.63, 3.8) is 0 Å². The van der Waals surface area contributed by atoms with Gasteiger partial charge >= 0.3 is 5.97 Å². The number of rotatable bonds is 6. The minimum absolute atomic E-state index is 0.424. The maximum Gasteiger partial charge on any atom is 0.323 e. The van der Waals surface area contributed by atoms with Crippen LogP contribution in [0.2, 0.25) is 0 Å². The molecule has 0 aromatic rings. The summed E-state index contributed by atoms with van der Waals surface area (Å²) >= 11 is 0. The molecule has 21 heavy (non-hydrogen) atoms. The zero-order valence-corrected chi connectivity index (χ0v) is 13.8. The maximum absolute atomic E-state index is 11.7. The highest BCUT2D eigenvalue weighted by molar-refractivity contribution is 5.79. The second-order valence-electron chi connectivity index (χ2n) is 6.75. The number of aliphatic carboxylic acids is 1. The number of hydrogen-bond acceptors (Lipinski definition) is 4. The second kappa shape index (κ2) is 7.07. The molecule has 5 heteroatoms. The van der Waals surface area contributed by atoms with Crippen molar-refractivity contribution in [2.75, 3.05) is 33.2 Å². The van der Waals surface area contributed by atoms with E-state index in [-0.39, 0.29) is 0 Å². The molecule has 3 atom stereocenters. The van der Waals surface area contributed by atoms with Gasteiger partial charge in [0.05, 0.1) is 0 Å². The summed E-state index contributed by atoms with van der Waals surface area (Å²) in [5.74, 6) is -0.667. The molecule has 2 N–H and O–H groups in total. The minimum atomic E-state index is -0.689. The molecule has 1 aliphatic heterocycles. The van der Waals surface area contributed by atoms with Gasteiger partial charge in [0.1, 0.15) is 5.54 Å². The highest BCUT2D eigenvalue weighted by Crippen LogP contribution is 2.34. The molecule has 0 amide bonds. The first-order chi connectivity index (χ1) is 10.0. The van der Waals surface area contributed by atoms with Crippen LogP contribution in [0, 0.1) is 0 Å². The molecule has 2 rings (SSSR count). The van der Waals surface area contributed by atoms with Crippen LogP contribution in [-0.4, -0.2) is 71.7 Å². The second-order valence-corrected chi connectivity index (χ2v) is 6.75. The van der Waals surface area contributed by atoms with E-state index in [1.807, 2.05) is 0 Å². The third kappa shape index (κ3) is 3.58. The smallest absolute Gasteiger partial charge is 0.323 e. The van der Waals surface area contributed by atoms with Gasteiger partial charge in [-0.15, -0.1) is 0 Å². The van der Waals surface area contributed by atoms with Gasteiger partial charge in [-0.25, -0.2) is 0 Å². The Kier molecular flexibility index (Phi) is 5.63. The number of nitrogens with zero attached hydrogens (tertiary/aromatic N) is 2. The molecule has 122 valence electrons. The van der Waals surface area contributed by atoms with Gasteiger partial charge in [0, 0.05) is 31.7 Å². The Bertz CT molecular complexity index is 363. The predicted octanol–water partition coefficient (Wildman–Crippen LogP) is 1.39. The number of nitrogens with one attached hydrogen (secondary N) is 1. The van der Waals surface area contributed by atoms with Crippen LogP contribution in [0.25, 0.3) is 0 Å². The first kappa shape index (κ1) is 16.7. The molecule has 0 spiro atoms. The van der Waals surface area contributed by atoms with Crippen LogP contribution in [0.4, 0.5) is 0 Å². The van der Waals surface area contributed by atoms with Crippen LogP contribution in [0.1, 0.15) is 46.0 Å². The number of piperazine rings is 1. The normalized spacial score (nSPS) is 35.2. The van der Waals surface area contributed by atoms with Crippen molar-refractivity contribution >= 4 is 5.97 Å². The Morgan fingerprint density at radius 2 is 2.14 bits per heavy atom. The average Bonchev–Trinajstić information content (AvgIpc) is 2.91. The number of carbonyl (C=O) groups is 1. The van der Waals surface area contributed by atoms with Crippen molar-refractivity contribution in [2.24, 2.45) is 0 Å². The summed E-state index contributed by atoms with van der Waals surface area (Å²) in [6.07, 6.45) is 4.66. The summed E-state index contributed by atoms with van der Waals surface area (Å²) in [5.41, 5.74) is -0.689. The van der Waals surface area contributed by atoms with Crippen molar-refractivity contribution in [3.05, 3.63) is 0 Å². The quantitative estimate of drug-likeness (QED) is 0.776. The average molecular weight is 297 g/mol. The molecule has 0 aromatic carbocycles. The monoisotopic (exact) mass is 297 g/mol. The molecular weight excluding hydrogens is 266 g/mol. The van der Waals surface area contributed by atoms with Crippen molar-refractivity contribution in [3.8, 4) is 0 Å². The van der Waals surface area contributed by atoms with Gasteiger partial charge in [-0.1, -0.05) is 13.8 Å². The lowest BCUT2D eigenvalue weighted by Gasteiger charge is -2.42. The Balaban J connectivity index is 1.98. The molecule has 2 fully saturated rings. The molecule has 2 aliphatic rings. The van der Waals surface area contributed by atoms with Crippen molar-refractivity contribution in [1.82, 2.24) is 15.1 Å². The Labute approximate surface area is 128 Å². The van der Waals surface area contributed by atoms with Gasteiger partial charge in [-0.2, -0.15) is 0 Å². The molecule has 0 radical (unpaired) electrons. The fourth-order valence-electron chi connectivity index (χ4n) is 3.87. The van der Waals surface area contributed by atoms with Gasteiger partial charge in [0.15, 0.2) is 0 Å². The van der Waals surface area contributed by atoms with Crippen LogP contribution >= 0.6 is 0 Å². The predicted molar refractivity (Wildman–Crippen MR) is 84.6 cm³/mol. The van der Waals surface area contributed by atoms with Gasteiger partial charge in [-0.3, -0.25) is 9.69 Å². The van der Waals surface area contributed by atoms with E-state index in [0.29, 0.717) is 12.1 Å².